The number of alkyl halides is 3. The number of nitrogens with one attached hydrogen (secondary N) is 1. The van der Waals surface area contributed by atoms with Crippen LogP contribution in [0.2, 0.25) is 0 Å². The summed E-state index contributed by atoms with van der Waals surface area (Å²) in [5, 5.41) is 10.9. The van der Waals surface area contributed by atoms with Crippen molar-refractivity contribution in [1.29, 1.82) is 0 Å². The second-order valence-corrected chi connectivity index (χ2v) is 2.76. The number of ether oxygens (including phenoxy) is 1. The summed E-state index contributed by atoms with van der Waals surface area (Å²) in [7, 11) is 0. The Morgan fingerprint density at radius 3 is 2.57 bits per heavy atom. The molecule has 0 fully saturated rings. The van der Waals surface area contributed by atoms with Crippen molar-refractivity contribution in [2.75, 3.05) is 19.8 Å². The molecule has 1 atom stereocenters. The third-order valence-electron chi connectivity index (χ3n) is 1.09. The molecule has 7 heteroatoms. The molecule has 0 aromatic carbocycles. The lowest BCUT2D eigenvalue weighted by Crippen LogP contribution is -2.34. The molecule has 0 unspecified atom stereocenters. The van der Waals surface area contributed by atoms with Gasteiger partial charge in [-0.1, -0.05) is 0 Å². The number of aliphatic hydroxyl groups excluding tert-OH is 1. The number of carbonyl (C=O) groups excluding carboxylic acids is 1. The van der Waals surface area contributed by atoms with Gasteiger partial charge in [0, 0.05) is 6.54 Å². The molecule has 0 heterocycles. The topological polar surface area (TPSA) is 58.6 Å². The predicted molar refractivity (Wildman–Crippen MR) is 41.6 cm³/mol. The lowest BCUT2D eigenvalue weighted by molar-refractivity contribution is -0.175. The summed E-state index contributed by atoms with van der Waals surface area (Å²) in [4.78, 5) is 10.7. The number of hydrogen-bond acceptors (Lipinski definition) is 3. The van der Waals surface area contributed by atoms with E-state index in [9.17, 15) is 18.0 Å². The van der Waals surface area contributed by atoms with E-state index in [4.69, 9.17) is 5.11 Å². The third kappa shape index (κ3) is 9.27. The zero-order valence-corrected chi connectivity index (χ0v) is 7.60. The molecular formula is C7H12F3NO3. The number of carbonyl (C=O) groups is 1. The molecule has 0 aliphatic rings. The van der Waals surface area contributed by atoms with Crippen molar-refractivity contribution in [2.24, 2.45) is 0 Å². The summed E-state index contributed by atoms with van der Waals surface area (Å²) in [5.41, 5.74) is 0. The fraction of sp³-hybridized carbons (Fsp3) is 0.857. The van der Waals surface area contributed by atoms with Gasteiger partial charge in [-0.3, -0.25) is 4.79 Å². The van der Waals surface area contributed by atoms with Gasteiger partial charge in [0.05, 0.1) is 6.10 Å². The van der Waals surface area contributed by atoms with Crippen molar-refractivity contribution in [3.63, 3.8) is 0 Å². The Hall–Kier alpha value is -0.820. The zero-order valence-electron chi connectivity index (χ0n) is 7.60. The van der Waals surface area contributed by atoms with Crippen LogP contribution in [0.1, 0.15) is 6.92 Å². The Labute approximate surface area is 79.0 Å². The van der Waals surface area contributed by atoms with E-state index in [1.165, 1.54) is 6.92 Å². The molecule has 14 heavy (non-hydrogen) atoms. The number of amides is 1. The van der Waals surface area contributed by atoms with Gasteiger partial charge in [-0.25, -0.2) is 0 Å². The molecule has 0 aromatic rings. The van der Waals surface area contributed by atoms with Gasteiger partial charge in [0.2, 0.25) is 5.91 Å². The van der Waals surface area contributed by atoms with Crippen LogP contribution in [0.5, 0.6) is 0 Å². The van der Waals surface area contributed by atoms with Gasteiger partial charge in [-0.15, -0.1) is 0 Å². The molecule has 0 bridgehead atoms. The Balaban J connectivity index is 3.46. The molecule has 0 aliphatic carbocycles. The minimum atomic E-state index is -4.43. The summed E-state index contributed by atoms with van der Waals surface area (Å²) in [5.74, 6) is -0.685. The highest BCUT2D eigenvalue weighted by atomic mass is 19.4. The van der Waals surface area contributed by atoms with Crippen LogP contribution in [0, 0.1) is 0 Å². The molecule has 84 valence electrons. The van der Waals surface area contributed by atoms with Crippen LogP contribution in [-0.4, -0.2) is 43.1 Å². The molecule has 1 amide bonds. The van der Waals surface area contributed by atoms with Crippen LogP contribution >= 0.6 is 0 Å². The van der Waals surface area contributed by atoms with E-state index in [1.807, 2.05) is 0 Å². The summed E-state index contributed by atoms with van der Waals surface area (Å²) in [6.07, 6.45) is -5.16. The number of aliphatic hydroxyl groups is 1. The maximum absolute atomic E-state index is 11.5. The maximum atomic E-state index is 11.5. The first-order valence-corrected chi connectivity index (χ1v) is 3.90. The van der Waals surface area contributed by atoms with Crippen LogP contribution in [-0.2, 0) is 9.53 Å². The molecule has 2 N–H and O–H groups in total. The van der Waals surface area contributed by atoms with Crippen molar-refractivity contribution in [1.82, 2.24) is 5.32 Å². The highest BCUT2D eigenvalue weighted by Crippen LogP contribution is 2.13. The SMILES string of the molecule is C[C@H](O)CNC(=O)COCC(F)(F)F. The molecule has 0 spiro atoms. The highest BCUT2D eigenvalue weighted by Gasteiger charge is 2.27. The molecule has 0 aliphatic heterocycles. The van der Waals surface area contributed by atoms with Gasteiger partial charge in [0.1, 0.15) is 13.2 Å². The standard InChI is InChI=1S/C7H12F3NO3/c1-5(12)2-11-6(13)3-14-4-7(8,9)10/h5,12H,2-4H2,1H3,(H,11,13)/t5-/m0/s1. The van der Waals surface area contributed by atoms with E-state index < -0.39 is 31.4 Å². The second-order valence-electron chi connectivity index (χ2n) is 2.76. The van der Waals surface area contributed by atoms with E-state index >= 15 is 0 Å². The Morgan fingerprint density at radius 1 is 1.57 bits per heavy atom. The van der Waals surface area contributed by atoms with Gasteiger partial charge < -0.3 is 15.2 Å². The summed E-state index contributed by atoms with van der Waals surface area (Å²) < 4.78 is 38.6. The quantitative estimate of drug-likeness (QED) is 0.682. The monoisotopic (exact) mass is 215 g/mol. The van der Waals surface area contributed by atoms with Crippen molar-refractivity contribution in [3.8, 4) is 0 Å². The lowest BCUT2D eigenvalue weighted by Gasteiger charge is -2.09. The smallest absolute Gasteiger partial charge is 0.392 e. The van der Waals surface area contributed by atoms with Crippen LogP contribution < -0.4 is 5.32 Å². The Kier molecular flexibility index (Phi) is 5.47. The van der Waals surface area contributed by atoms with Crippen LogP contribution in [0.25, 0.3) is 0 Å². The highest BCUT2D eigenvalue weighted by molar-refractivity contribution is 5.77. The van der Waals surface area contributed by atoms with E-state index in [1.54, 1.807) is 0 Å². The fourth-order valence-corrected chi connectivity index (χ4v) is 0.572. The van der Waals surface area contributed by atoms with E-state index in [0.717, 1.165) is 0 Å². The van der Waals surface area contributed by atoms with Gasteiger partial charge in [-0.2, -0.15) is 13.2 Å². The molecule has 0 aromatic heterocycles. The minimum absolute atomic E-state index is 0.00574. The summed E-state index contributed by atoms with van der Waals surface area (Å²) in [6.45, 7) is -0.674. The Morgan fingerprint density at radius 2 is 2.14 bits per heavy atom. The molecule has 4 nitrogen and oxygen atoms in total. The van der Waals surface area contributed by atoms with Crippen molar-refractivity contribution in [3.05, 3.63) is 0 Å². The predicted octanol–water partition coefficient (Wildman–Crippen LogP) is 0.0623. The van der Waals surface area contributed by atoms with Crippen molar-refractivity contribution < 1.29 is 27.8 Å². The van der Waals surface area contributed by atoms with Gasteiger partial charge in [-0.05, 0) is 6.92 Å². The fourth-order valence-electron chi connectivity index (χ4n) is 0.572. The molecule has 0 rings (SSSR count). The Bertz CT molecular complexity index is 182. The normalized spacial score (nSPS) is 13.8. The minimum Gasteiger partial charge on any atom is -0.392 e. The van der Waals surface area contributed by atoms with E-state index in [0.29, 0.717) is 0 Å². The maximum Gasteiger partial charge on any atom is 0.411 e. The van der Waals surface area contributed by atoms with Gasteiger partial charge >= 0.3 is 6.18 Å². The number of rotatable bonds is 5. The van der Waals surface area contributed by atoms with Crippen LogP contribution in [0.15, 0.2) is 0 Å². The van der Waals surface area contributed by atoms with E-state index in [2.05, 4.69) is 10.1 Å². The number of hydrogen-bond donors (Lipinski definition) is 2. The molecule has 0 saturated heterocycles. The molecule has 0 saturated carbocycles. The average Bonchev–Trinajstić information content (AvgIpc) is 1.98. The second kappa shape index (κ2) is 5.82. The average molecular weight is 215 g/mol. The van der Waals surface area contributed by atoms with Gasteiger partial charge in [0.25, 0.3) is 0 Å². The zero-order chi connectivity index (χ0) is 11.2. The van der Waals surface area contributed by atoms with E-state index in [-0.39, 0.29) is 6.54 Å². The van der Waals surface area contributed by atoms with Crippen molar-refractivity contribution >= 4 is 5.91 Å². The molecular weight excluding hydrogens is 203 g/mol. The van der Waals surface area contributed by atoms with Crippen LogP contribution in [0.3, 0.4) is 0 Å². The summed E-state index contributed by atoms with van der Waals surface area (Å²) in [6, 6.07) is 0. The lowest BCUT2D eigenvalue weighted by atomic mass is 10.4. The first-order valence-electron chi connectivity index (χ1n) is 3.90. The van der Waals surface area contributed by atoms with Crippen molar-refractivity contribution in [2.45, 2.75) is 19.2 Å². The van der Waals surface area contributed by atoms with Crippen LogP contribution in [0.4, 0.5) is 13.2 Å². The number of halogens is 3. The first kappa shape index (κ1) is 13.2. The largest absolute Gasteiger partial charge is 0.411 e. The first-order chi connectivity index (χ1) is 6.31. The van der Waals surface area contributed by atoms with Gasteiger partial charge in [0.15, 0.2) is 0 Å². The summed E-state index contributed by atoms with van der Waals surface area (Å²) >= 11 is 0. The third-order valence-corrected chi connectivity index (χ3v) is 1.09. The molecule has 0 radical (unpaired) electrons.